The molecule has 1 aliphatic rings. The second kappa shape index (κ2) is 20.1. The fourth-order valence-corrected chi connectivity index (χ4v) is 6.34. The first-order valence-corrected chi connectivity index (χ1v) is 18.4. The minimum atomic E-state index is -1.40. The summed E-state index contributed by atoms with van der Waals surface area (Å²) in [4.78, 5) is 67.9. The normalized spacial score (nSPS) is 16.0. The number of rotatable bonds is 20. The zero-order chi connectivity index (χ0) is 38.3. The van der Waals surface area contributed by atoms with Crippen molar-refractivity contribution in [1.82, 2.24) is 26.2 Å². The Hall–Kier alpha value is -4.33. The van der Waals surface area contributed by atoms with Gasteiger partial charge in [-0.2, -0.15) is 0 Å². The van der Waals surface area contributed by atoms with Crippen LogP contribution in [0.25, 0.3) is 0 Å². The number of amides is 4. The van der Waals surface area contributed by atoms with Gasteiger partial charge in [0.2, 0.25) is 23.6 Å². The second-order valence-corrected chi connectivity index (χ2v) is 15.0. The van der Waals surface area contributed by atoms with Crippen LogP contribution in [0.15, 0.2) is 60.7 Å². The van der Waals surface area contributed by atoms with E-state index < -0.39 is 41.4 Å². The van der Waals surface area contributed by atoms with Gasteiger partial charge in [0, 0.05) is 31.5 Å². The Balaban J connectivity index is 1.72. The third kappa shape index (κ3) is 13.0. The number of carbonyl (C=O) groups excluding carboxylic acids is 4. The summed E-state index contributed by atoms with van der Waals surface area (Å²) in [5.74, 6) is -2.82. The molecule has 13 heteroatoms. The summed E-state index contributed by atoms with van der Waals surface area (Å²) < 4.78 is 0. The first-order valence-electron chi connectivity index (χ1n) is 18.4. The van der Waals surface area contributed by atoms with Crippen LogP contribution < -0.4 is 32.7 Å². The lowest BCUT2D eigenvalue weighted by Crippen LogP contribution is -2.60. The quantitative estimate of drug-likeness (QED) is 0.0994. The summed E-state index contributed by atoms with van der Waals surface area (Å²) in [5, 5.41) is 21.4. The Morgan fingerprint density at radius 3 is 2.00 bits per heavy atom. The molecule has 1 fully saturated rings. The highest BCUT2D eigenvalue weighted by Crippen LogP contribution is 2.22. The highest BCUT2D eigenvalue weighted by atomic mass is 16.4. The smallest absolute Gasteiger partial charge is 0.323 e. The Morgan fingerprint density at radius 1 is 0.846 bits per heavy atom. The first kappa shape index (κ1) is 42.1. The number of nitrogens with zero attached hydrogens (tertiary/aromatic N) is 1. The lowest BCUT2D eigenvalue weighted by Gasteiger charge is -2.38. The van der Waals surface area contributed by atoms with E-state index in [-0.39, 0.29) is 62.0 Å². The number of carbonyl (C=O) groups is 5. The van der Waals surface area contributed by atoms with E-state index in [1.807, 2.05) is 74.5 Å². The monoisotopic (exact) mass is 721 g/mol. The average molecular weight is 722 g/mol. The van der Waals surface area contributed by atoms with Crippen LogP contribution in [0.4, 0.5) is 0 Å². The van der Waals surface area contributed by atoms with Gasteiger partial charge in [0.25, 0.3) is 0 Å². The van der Waals surface area contributed by atoms with Gasteiger partial charge in [-0.3, -0.25) is 24.0 Å². The number of aliphatic carboxylic acids is 1. The third-order valence-corrected chi connectivity index (χ3v) is 9.64. The molecule has 1 unspecified atom stereocenters. The lowest BCUT2D eigenvalue weighted by atomic mass is 9.84. The molecule has 0 bridgehead atoms. The molecule has 13 nitrogen and oxygen atoms in total. The Kier molecular flexibility index (Phi) is 16.2. The van der Waals surface area contributed by atoms with Gasteiger partial charge in [-0.1, -0.05) is 88.4 Å². The van der Waals surface area contributed by atoms with Crippen LogP contribution in [-0.4, -0.2) is 96.0 Å². The van der Waals surface area contributed by atoms with Crippen molar-refractivity contribution in [3.8, 4) is 0 Å². The van der Waals surface area contributed by atoms with Gasteiger partial charge in [-0.05, 0) is 62.1 Å². The number of nitrogens with two attached hydrogens (primary N) is 2. The molecule has 1 aliphatic heterocycles. The molecule has 2 aromatic carbocycles. The molecular weight excluding hydrogens is 662 g/mol. The number of benzene rings is 2. The van der Waals surface area contributed by atoms with Crippen molar-refractivity contribution >= 4 is 29.6 Å². The van der Waals surface area contributed by atoms with E-state index in [2.05, 4.69) is 35.1 Å². The molecule has 52 heavy (non-hydrogen) atoms. The van der Waals surface area contributed by atoms with Crippen LogP contribution in [-0.2, 0) is 35.8 Å². The highest BCUT2D eigenvalue weighted by molar-refractivity contribution is 5.94. The molecule has 4 amide bonds. The second-order valence-electron chi connectivity index (χ2n) is 15.0. The van der Waals surface area contributed by atoms with Crippen molar-refractivity contribution in [2.24, 2.45) is 17.4 Å². The van der Waals surface area contributed by atoms with E-state index in [0.29, 0.717) is 38.8 Å². The van der Waals surface area contributed by atoms with Gasteiger partial charge >= 0.3 is 5.97 Å². The summed E-state index contributed by atoms with van der Waals surface area (Å²) in [6.45, 7) is 9.28. The zero-order valence-corrected chi connectivity index (χ0v) is 31.2. The molecular formula is C39H59N7O6. The molecule has 0 aliphatic carbocycles. The molecule has 0 aromatic heterocycles. The van der Waals surface area contributed by atoms with E-state index in [1.54, 1.807) is 0 Å². The van der Waals surface area contributed by atoms with Gasteiger partial charge in [0.15, 0.2) is 0 Å². The molecule has 9 N–H and O–H groups in total. The van der Waals surface area contributed by atoms with E-state index in [1.165, 1.54) is 4.90 Å². The SMILES string of the molecule is CC(C)CC(NC(=O)[C@@H](Cc1ccccc1)NC(=O)CNCC(C)(C)c1ccccc1)C(=O)N[C@H](CCCCN)C(=O)N1CCC(N)(C(=O)O)CC1. The third-order valence-electron chi connectivity index (χ3n) is 9.64. The molecule has 0 spiro atoms. The molecule has 2 aromatic rings. The number of nitrogens with one attached hydrogen (secondary N) is 4. The largest absolute Gasteiger partial charge is 0.480 e. The first-order chi connectivity index (χ1) is 24.6. The topological polar surface area (TPSA) is 209 Å². The van der Waals surface area contributed by atoms with Crippen molar-refractivity contribution in [3.05, 3.63) is 71.8 Å². The fourth-order valence-electron chi connectivity index (χ4n) is 6.34. The summed E-state index contributed by atoms with van der Waals surface area (Å²) in [6, 6.07) is 16.5. The maximum absolute atomic E-state index is 13.9. The molecule has 1 heterocycles. The van der Waals surface area contributed by atoms with Crippen molar-refractivity contribution in [2.75, 3.05) is 32.7 Å². The summed E-state index contributed by atoms with van der Waals surface area (Å²) >= 11 is 0. The number of hydrogen-bond donors (Lipinski definition) is 7. The van der Waals surface area contributed by atoms with Gasteiger partial charge in [-0.15, -0.1) is 0 Å². The fraction of sp³-hybridized carbons (Fsp3) is 0.564. The van der Waals surface area contributed by atoms with Gasteiger partial charge in [0.1, 0.15) is 23.7 Å². The van der Waals surface area contributed by atoms with Crippen LogP contribution in [0.2, 0.25) is 0 Å². The molecule has 0 radical (unpaired) electrons. The van der Waals surface area contributed by atoms with Crippen LogP contribution in [0, 0.1) is 5.92 Å². The number of piperidine rings is 1. The molecule has 3 atom stereocenters. The molecule has 1 saturated heterocycles. The number of carboxylic acid groups (broad SMARTS) is 1. The van der Waals surface area contributed by atoms with E-state index >= 15 is 0 Å². The number of likely N-dealkylation sites (tertiary alicyclic amines) is 1. The lowest BCUT2D eigenvalue weighted by molar-refractivity contribution is -0.148. The Morgan fingerprint density at radius 2 is 1.42 bits per heavy atom. The summed E-state index contributed by atoms with van der Waals surface area (Å²) in [5.41, 5.74) is 12.1. The van der Waals surface area contributed by atoms with E-state index in [4.69, 9.17) is 11.5 Å². The number of carboxylic acids is 1. The maximum atomic E-state index is 13.9. The predicted molar refractivity (Wildman–Crippen MR) is 201 cm³/mol. The van der Waals surface area contributed by atoms with Gasteiger partial charge in [0.05, 0.1) is 6.54 Å². The standard InChI is InChI=1S/C39H59N7O6/c1-27(2)23-31(34(48)44-30(17-11-12-20-40)36(50)46-21-18-39(41,19-22-46)37(51)52)45-35(49)32(24-28-13-7-5-8-14-28)43-33(47)25-42-26-38(3,4)29-15-9-6-10-16-29/h5-10,13-16,27,30-32,42H,11-12,17-26,40-41H2,1-4H3,(H,43,47)(H,44,48)(H,45,49)(H,51,52)/t30-,31?,32-/m1/s1. The van der Waals surface area contributed by atoms with Gasteiger partial charge < -0.3 is 42.7 Å². The van der Waals surface area contributed by atoms with Crippen molar-refractivity contribution < 1.29 is 29.1 Å². The minimum absolute atomic E-state index is 0.00836. The molecule has 0 saturated carbocycles. The van der Waals surface area contributed by atoms with E-state index in [0.717, 1.165) is 11.1 Å². The van der Waals surface area contributed by atoms with Crippen LogP contribution >= 0.6 is 0 Å². The van der Waals surface area contributed by atoms with Crippen LogP contribution in [0.5, 0.6) is 0 Å². The van der Waals surface area contributed by atoms with Crippen LogP contribution in [0.1, 0.15) is 77.3 Å². The summed E-state index contributed by atoms with van der Waals surface area (Å²) in [6.07, 6.45) is 2.25. The number of hydrogen-bond acceptors (Lipinski definition) is 8. The van der Waals surface area contributed by atoms with E-state index in [9.17, 15) is 29.1 Å². The van der Waals surface area contributed by atoms with Crippen molar-refractivity contribution in [3.63, 3.8) is 0 Å². The van der Waals surface area contributed by atoms with Crippen LogP contribution in [0.3, 0.4) is 0 Å². The predicted octanol–water partition coefficient (Wildman–Crippen LogP) is 1.83. The van der Waals surface area contributed by atoms with Gasteiger partial charge in [-0.25, -0.2) is 0 Å². The molecule has 3 rings (SSSR count). The molecule has 286 valence electrons. The number of unbranched alkanes of at least 4 members (excludes halogenated alkanes) is 1. The van der Waals surface area contributed by atoms with Crippen molar-refractivity contribution in [1.29, 1.82) is 0 Å². The minimum Gasteiger partial charge on any atom is -0.480 e. The Labute approximate surface area is 308 Å². The maximum Gasteiger partial charge on any atom is 0.323 e. The Bertz CT molecular complexity index is 1460. The highest BCUT2D eigenvalue weighted by Gasteiger charge is 2.40. The summed E-state index contributed by atoms with van der Waals surface area (Å²) in [7, 11) is 0. The zero-order valence-electron chi connectivity index (χ0n) is 31.2. The van der Waals surface area contributed by atoms with Crippen molar-refractivity contribution in [2.45, 2.75) is 102 Å². The average Bonchev–Trinajstić information content (AvgIpc) is 3.11.